The average molecular weight is 268 g/mol. The van der Waals surface area contributed by atoms with Crippen molar-refractivity contribution in [2.75, 3.05) is 31.0 Å². The normalized spacial score (nSPS) is 9.63. The number of aryl methyl sites for hydroxylation is 1. The van der Waals surface area contributed by atoms with Gasteiger partial charge in [-0.1, -0.05) is 6.07 Å². The van der Waals surface area contributed by atoms with Gasteiger partial charge in [0, 0.05) is 11.4 Å². The molecule has 0 aliphatic rings. The standard InChI is InChI=1S/C12H16N2O5/c1-8-3-4-9(13-11(16)18-2)7-10(8)14-12(17)19-6-5-15/h3-4,7,15H,5-6H2,1-2H3,(H,13,16)(H,14,17). The number of amides is 2. The van der Waals surface area contributed by atoms with Crippen molar-refractivity contribution >= 4 is 23.6 Å². The van der Waals surface area contributed by atoms with Crippen LogP contribution in [-0.4, -0.2) is 37.6 Å². The van der Waals surface area contributed by atoms with Crippen molar-refractivity contribution in [3.05, 3.63) is 23.8 Å². The molecule has 19 heavy (non-hydrogen) atoms. The van der Waals surface area contributed by atoms with Crippen molar-refractivity contribution in [3.8, 4) is 0 Å². The summed E-state index contributed by atoms with van der Waals surface area (Å²) in [4.78, 5) is 22.4. The summed E-state index contributed by atoms with van der Waals surface area (Å²) in [5.41, 5.74) is 1.78. The molecule has 1 rings (SSSR count). The number of rotatable bonds is 4. The van der Waals surface area contributed by atoms with Gasteiger partial charge in [0.25, 0.3) is 0 Å². The number of benzene rings is 1. The molecule has 104 valence electrons. The topological polar surface area (TPSA) is 96.9 Å². The molecule has 0 spiro atoms. The maximum absolute atomic E-state index is 11.4. The smallest absolute Gasteiger partial charge is 0.411 e. The molecule has 0 aliphatic heterocycles. The Balaban J connectivity index is 2.74. The summed E-state index contributed by atoms with van der Waals surface area (Å²) < 4.78 is 9.15. The van der Waals surface area contributed by atoms with Crippen molar-refractivity contribution in [2.24, 2.45) is 0 Å². The Hall–Kier alpha value is -2.28. The number of carbonyl (C=O) groups excluding carboxylic acids is 2. The van der Waals surface area contributed by atoms with Crippen LogP contribution in [0.4, 0.5) is 21.0 Å². The maximum Gasteiger partial charge on any atom is 0.411 e. The van der Waals surface area contributed by atoms with Crippen LogP contribution in [0.25, 0.3) is 0 Å². The predicted molar refractivity (Wildman–Crippen MR) is 69.3 cm³/mol. The van der Waals surface area contributed by atoms with E-state index in [0.717, 1.165) is 5.56 Å². The van der Waals surface area contributed by atoms with Crippen LogP contribution >= 0.6 is 0 Å². The molecule has 7 heteroatoms. The summed E-state index contributed by atoms with van der Waals surface area (Å²) in [6.07, 6.45) is -1.27. The quantitative estimate of drug-likeness (QED) is 0.772. The van der Waals surface area contributed by atoms with E-state index >= 15 is 0 Å². The Morgan fingerprint density at radius 1 is 1.26 bits per heavy atom. The van der Waals surface area contributed by atoms with Crippen LogP contribution in [0.3, 0.4) is 0 Å². The summed E-state index contributed by atoms with van der Waals surface area (Å²) in [6, 6.07) is 4.98. The summed E-state index contributed by atoms with van der Waals surface area (Å²) in [5.74, 6) is 0. The van der Waals surface area contributed by atoms with Crippen LogP contribution in [0.2, 0.25) is 0 Å². The number of ether oxygens (including phenoxy) is 2. The first kappa shape index (κ1) is 14.8. The Labute approximate surface area is 110 Å². The monoisotopic (exact) mass is 268 g/mol. The van der Waals surface area contributed by atoms with Crippen LogP contribution in [0, 0.1) is 6.92 Å². The van der Waals surface area contributed by atoms with Gasteiger partial charge in [0.2, 0.25) is 0 Å². The van der Waals surface area contributed by atoms with E-state index in [4.69, 9.17) is 5.11 Å². The summed E-state index contributed by atoms with van der Waals surface area (Å²) in [7, 11) is 1.26. The minimum absolute atomic E-state index is 0.0784. The number of aliphatic hydroxyl groups is 1. The van der Waals surface area contributed by atoms with Crippen molar-refractivity contribution < 1.29 is 24.2 Å². The van der Waals surface area contributed by atoms with Gasteiger partial charge < -0.3 is 14.6 Å². The summed E-state index contributed by atoms with van der Waals surface area (Å²) >= 11 is 0. The zero-order chi connectivity index (χ0) is 14.3. The van der Waals surface area contributed by atoms with E-state index in [1.54, 1.807) is 25.1 Å². The van der Waals surface area contributed by atoms with Crippen LogP contribution in [0.5, 0.6) is 0 Å². The summed E-state index contributed by atoms with van der Waals surface area (Å²) in [6.45, 7) is 1.48. The van der Waals surface area contributed by atoms with E-state index in [1.165, 1.54) is 7.11 Å². The van der Waals surface area contributed by atoms with Gasteiger partial charge in [-0.15, -0.1) is 0 Å². The van der Waals surface area contributed by atoms with E-state index in [2.05, 4.69) is 20.1 Å². The highest BCUT2D eigenvalue weighted by atomic mass is 16.6. The van der Waals surface area contributed by atoms with E-state index in [-0.39, 0.29) is 13.2 Å². The molecule has 0 aromatic heterocycles. The van der Waals surface area contributed by atoms with Crippen LogP contribution < -0.4 is 10.6 Å². The fraction of sp³-hybridized carbons (Fsp3) is 0.333. The second-order valence-electron chi connectivity index (χ2n) is 3.63. The zero-order valence-corrected chi connectivity index (χ0v) is 10.7. The molecular weight excluding hydrogens is 252 g/mol. The molecule has 0 fully saturated rings. The van der Waals surface area contributed by atoms with Gasteiger partial charge >= 0.3 is 12.2 Å². The van der Waals surface area contributed by atoms with E-state index in [1.807, 2.05) is 0 Å². The number of hydrogen-bond acceptors (Lipinski definition) is 5. The first-order chi connectivity index (χ1) is 9.06. The Bertz CT molecular complexity index is 461. The zero-order valence-electron chi connectivity index (χ0n) is 10.7. The molecule has 1 aromatic rings. The predicted octanol–water partition coefficient (Wildman–Crippen LogP) is 1.71. The minimum atomic E-state index is -0.674. The number of carbonyl (C=O) groups is 2. The molecule has 0 bridgehead atoms. The summed E-state index contributed by atoms with van der Waals surface area (Å²) in [5, 5.41) is 13.5. The molecule has 7 nitrogen and oxygen atoms in total. The molecule has 2 amide bonds. The van der Waals surface area contributed by atoms with Gasteiger partial charge in [-0.2, -0.15) is 0 Å². The van der Waals surface area contributed by atoms with Gasteiger partial charge in [-0.05, 0) is 24.6 Å². The molecule has 0 unspecified atom stereocenters. The van der Waals surface area contributed by atoms with E-state index < -0.39 is 12.2 Å². The average Bonchev–Trinajstić information content (AvgIpc) is 2.40. The highest BCUT2D eigenvalue weighted by Crippen LogP contribution is 2.20. The number of hydrogen-bond donors (Lipinski definition) is 3. The lowest BCUT2D eigenvalue weighted by atomic mass is 10.2. The highest BCUT2D eigenvalue weighted by Gasteiger charge is 2.08. The third kappa shape index (κ3) is 4.84. The number of anilines is 2. The van der Waals surface area contributed by atoms with E-state index in [9.17, 15) is 9.59 Å². The van der Waals surface area contributed by atoms with Crippen molar-refractivity contribution in [1.29, 1.82) is 0 Å². The molecular formula is C12H16N2O5. The number of aliphatic hydroxyl groups excluding tert-OH is 1. The van der Waals surface area contributed by atoms with Crippen molar-refractivity contribution in [1.82, 2.24) is 0 Å². The first-order valence-corrected chi connectivity index (χ1v) is 5.57. The molecule has 3 N–H and O–H groups in total. The lowest BCUT2D eigenvalue weighted by molar-refractivity contribution is 0.131. The second kappa shape index (κ2) is 7.22. The lowest BCUT2D eigenvalue weighted by Crippen LogP contribution is -2.17. The van der Waals surface area contributed by atoms with Gasteiger partial charge in [0.1, 0.15) is 6.61 Å². The molecule has 0 heterocycles. The largest absolute Gasteiger partial charge is 0.453 e. The molecule has 0 saturated carbocycles. The van der Waals surface area contributed by atoms with Gasteiger partial charge in [0.05, 0.1) is 13.7 Å². The number of nitrogens with one attached hydrogen (secondary N) is 2. The molecule has 0 atom stereocenters. The Morgan fingerprint density at radius 2 is 2.00 bits per heavy atom. The van der Waals surface area contributed by atoms with Crippen LogP contribution in [0.15, 0.2) is 18.2 Å². The molecule has 0 radical (unpaired) electrons. The van der Waals surface area contributed by atoms with Crippen molar-refractivity contribution in [2.45, 2.75) is 6.92 Å². The lowest BCUT2D eigenvalue weighted by Gasteiger charge is -2.11. The van der Waals surface area contributed by atoms with E-state index in [0.29, 0.717) is 11.4 Å². The van der Waals surface area contributed by atoms with Crippen LogP contribution in [0.1, 0.15) is 5.56 Å². The van der Waals surface area contributed by atoms with Crippen LogP contribution in [-0.2, 0) is 9.47 Å². The Morgan fingerprint density at radius 3 is 2.63 bits per heavy atom. The SMILES string of the molecule is COC(=O)Nc1ccc(C)c(NC(=O)OCCO)c1. The molecule has 0 aliphatic carbocycles. The third-order valence-corrected chi connectivity index (χ3v) is 2.23. The second-order valence-corrected chi connectivity index (χ2v) is 3.63. The maximum atomic E-state index is 11.4. The fourth-order valence-electron chi connectivity index (χ4n) is 1.29. The first-order valence-electron chi connectivity index (χ1n) is 5.57. The Kier molecular flexibility index (Phi) is 5.62. The highest BCUT2D eigenvalue weighted by molar-refractivity contribution is 5.89. The molecule has 0 saturated heterocycles. The van der Waals surface area contributed by atoms with Gasteiger partial charge in [-0.3, -0.25) is 10.6 Å². The molecule has 1 aromatic carbocycles. The number of methoxy groups -OCH3 is 1. The van der Waals surface area contributed by atoms with Gasteiger partial charge in [-0.25, -0.2) is 9.59 Å². The minimum Gasteiger partial charge on any atom is -0.453 e. The van der Waals surface area contributed by atoms with Crippen molar-refractivity contribution in [3.63, 3.8) is 0 Å². The van der Waals surface area contributed by atoms with Gasteiger partial charge in [0.15, 0.2) is 0 Å². The third-order valence-electron chi connectivity index (χ3n) is 2.23. The fourth-order valence-corrected chi connectivity index (χ4v) is 1.29.